The first kappa shape index (κ1) is 19.3. The lowest BCUT2D eigenvalue weighted by molar-refractivity contribution is 0.354. The minimum atomic E-state index is -3.78. The molecular weight excluding hydrogens is 366 g/mol. The summed E-state index contributed by atoms with van der Waals surface area (Å²) in [6.07, 6.45) is 7.76. The number of aromatic nitrogens is 1. The van der Waals surface area contributed by atoms with Gasteiger partial charge in [0.05, 0.1) is 31.0 Å². The molecule has 0 saturated heterocycles. The molecule has 27 heavy (non-hydrogen) atoms. The highest BCUT2D eigenvalue weighted by atomic mass is 32.2. The van der Waals surface area contributed by atoms with Crippen LogP contribution in [0, 0.1) is 0 Å². The Bertz CT molecular complexity index is 863. The van der Waals surface area contributed by atoms with E-state index in [-0.39, 0.29) is 10.7 Å². The molecule has 0 spiro atoms. The molecule has 1 aliphatic rings. The van der Waals surface area contributed by atoms with E-state index < -0.39 is 10.0 Å². The van der Waals surface area contributed by atoms with Gasteiger partial charge in [-0.2, -0.15) is 0 Å². The fourth-order valence-corrected chi connectivity index (χ4v) is 4.23. The van der Waals surface area contributed by atoms with Crippen molar-refractivity contribution in [2.75, 3.05) is 24.3 Å². The number of benzene rings is 1. The van der Waals surface area contributed by atoms with Gasteiger partial charge in [-0.15, -0.1) is 0 Å². The van der Waals surface area contributed by atoms with Crippen molar-refractivity contribution < 1.29 is 17.9 Å². The van der Waals surface area contributed by atoms with Gasteiger partial charge in [0, 0.05) is 12.1 Å². The average molecular weight is 391 g/mol. The summed E-state index contributed by atoms with van der Waals surface area (Å²) >= 11 is 0. The van der Waals surface area contributed by atoms with Gasteiger partial charge in [-0.1, -0.05) is 19.3 Å². The predicted octanol–water partition coefficient (Wildman–Crippen LogP) is 3.64. The largest absolute Gasteiger partial charge is 0.493 e. The molecule has 1 aromatic carbocycles. The Morgan fingerprint density at radius 1 is 1.00 bits per heavy atom. The molecule has 3 rings (SSSR count). The highest BCUT2D eigenvalue weighted by Gasteiger charge is 2.18. The van der Waals surface area contributed by atoms with Crippen molar-refractivity contribution in [2.45, 2.75) is 43.0 Å². The molecule has 1 fully saturated rings. The second kappa shape index (κ2) is 8.47. The molecule has 0 bridgehead atoms. The van der Waals surface area contributed by atoms with Gasteiger partial charge in [-0.3, -0.25) is 4.72 Å². The minimum absolute atomic E-state index is 0.0753. The topological polar surface area (TPSA) is 89.6 Å². The third kappa shape index (κ3) is 4.82. The Hall–Kier alpha value is -2.48. The van der Waals surface area contributed by atoms with Crippen molar-refractivity contribution in [1.29, 1.82) is 0 Å². The Kier molecular flexibility index (Phi) is 6.05. The van der Waals surface area contributed by atoms with Crippen LogP contribution in [0.3, 0.4) is 0 Å². The van der Waals surface area contributed by atoms with Crippen LogP contribution in [0.5, 0.6) is 11.5 Å². The van der Waals surface area contributed by atoms with Crippen LogP contribution in [0.1, 0.15) is 32.1 Å². The third-order valence-corrected chi connectivity index (χ3v) is 6.00. The predicted molar refractivity (Wildman–Crippen MR) is 105 cm³/mol. The van der Waals surface area contributed by atoms with Crippen molar-refractivity contribution in [3.8, 4) is 11.5 Å². The maximum absolute atomic E-state index is 12.6. The molecule has 1 aromatic heterocycles. The summed E-state index contributed by atoms with van der Waals surface area (Å²) in [5.41, 5.74) is 0.899. The van der Waals surface area contributed by atoms with Crippen LogP contribution in [0.25, 0.3) is 0 Å². The van der Waals surface area contributed by atoms with Crippen LogP contribution in [0.4, 0.5) is 11.5 Å². The van der Waals surface area contributed by atoms with E-state index >= 15 is 0 Å². The van der Waals surface area contributed by atoms with E-state index in [0.29, 0.717) is 17.5 Å². The summed E-state index contributed by atoms with van der Waals surface area (Å²) in [7, 11) is -0.823. The van der Waals surface area contributed by atoms with E-state index in [2.05, 4.69) is 15.0 Å². The normalized spacial score (nSPS) is 15.2. The van der Waals surface area contributed by atoms with E-state index in [1.54, 1.807) is 18.3 Å². The monoisotopic (exact) mass is 391 g/mol. The smallest absolute Gasteiger partial charge is 0.263 e. The molecular formula is C19H25N3O4S. The molecule has 0 amide bonds. The summed E-state index contributed by atoms with van der Waals surface area (Å²) < 4.78 is 38.0. The van der Waals surface area contributed by atoms with Gasteiger partial charge in [0.25, 0.3) is 10.0 Å². The summed E-state index contributed by atoms with van der Waals surface area (Å²) in [6.45, 7) is 0. The maximum atomic E-state index is 12.6. The molecule has 0 radical (unpaired) electrons. The second-order valence-corrected chi connectivity index (χ2v) is 8.22. The van der Waals surface area contributed by atoms with Crippen LogP contribution in [0.2, 0.25) is 0 Å². The molecule has 1 aliphatic carbocycles. The maximum Gasteiger partial charge on any atom is 0.263 e. The second-order valence-electron chi connectivity index (χ2n) is 6.53. The summed E-state index contributed by atoms with van der Waals surface area (Å²) in [6, 6.07) is 8.40. The van der Waals surface area contributed by atoms with Gasteiger partial charge < -0.3 is 14.8 Å². The molecule has 2 N–H and O–H groups in total. The molecule has 146 valence electrons. The molecule has 0 atom stereocenters. The fraction of sp³-hybridized carbons (Fsp3) is 0.421. The Morgan fingerprint density at radius 2 is 1.74 bits per heavy atom. The van der Waals surface area contributed by atoms with Gasteiger partial charge >= 0.3 is 0 Å². The molecule has 8 heteroatoms. The minimum Gasteiger partial charge on any atom is -0.493 e. The molecule has 0 aliphatic heterocycles. The number of hydrogen-bond acceptors (Lipinski definition) is 6. The van der Waals surface area contributed by atoms with E-state index in [1.807, 2.05) is 6.07 Å². The number of nitrogens with zero attached hydrogens (tertiary/aromatic N) is 1. The van der Waals surface area contributed by atoms with Gasteiger partial charge in [0.2, 0.25) is 0 Å². The number of pyridine rings is 1. The number of hydrogen-bond donors (Lipinski definition) is 2. The van der Waals surface area contributed by atoms with Gasteiger partial charge in [0.1, 0.15) is 5.82 Å². The van der Waals surface area contributed by atoms with Gasteiger partial charge in [-0.05, 0) is 37.1 Å². The van der Waals surface area contributed by atoms with E-state index in [1.165, 1.54) is 45.6 Å². The van der Waals surface area contributed by atoms with Crippen LogP contribution in [0.15, 0.2) is 41.4 Å². The Morgan fingerprint density at radius 3 is 2.37 bits per heavy atom. The number of methoxy groups -OCH3 is 2. The highest BCUT2D eigenvalue weighted by molar-refractivity contribution is 7.92. The van der Waals surface area contributed by atoms with E-state index in [9.17, 15) is 8.42 Å². The molecule has 1 saturated carbocycles. The zero-order chi connectivity index (χ0) is 19.3. The molecule has 2 aromatic rings. The van der Waals surface area contributed by atoms with Crippen molar-refractivity contribution >= 4 is 21.5 Å². The lowest BCUT2D eigenvalue weighted by atomic mass is 9.95. The first-order chi connectivity index (χ1) is 13.0. The van der Waals surface area contributed by atoms with E-state index in [4.69, 9.17) is 9.47 Å². The number of sulfonamides is 1. The van der Waals surface area contributed by atoms with Crippen molar-refractivity contribution in [3.63, 3.8) is 0 Å². The third-order valence-electron chi connectivity index (χ3n) is 4.64. The van der Waals surface area contributed by atoms with Gasteiger partial charge in [-0.25, -0.2) is 13.4 Å². The first-order valence-corrected chi connectivity index (χ1v) is 10.5. The lowest BCUT2D eigenvalue weighted by Crippen LogP contribution is -2.22. The zero-order valence-corrected chi connectivity index (χ0v) is 16.4. The standard InChI is InChI=1S/C19H25N3O4S/c1-25-17-10-9-16(12-18(17)26-2)27(23,24)22-19-11-8-15(13-20-19)21-14-6-4-3-5-7-14/h8-14,21H,3-7H2,1-2H3,(H,20,22). The van der Waals surface area contributed by atoms with Gasteiger partial charge in [0.15, 0.2) is 11.5 Å². The summed E-state index contributed by atoms with van der Waals surface area (Å²) in [5, 5.41) is 3.46. The number of nitrogens with one attached hydrogen (secondary N) is 2. The van der Waals surface area contributed by atoms with Crippen LogP contribution >= 0.6 is 0 Å². The van der Waals surface area contributed by atoms with Crippen molar-refractivity contribution in [3.05, 3.63) is 36.5 Å². The number of ether oxygens (including phenoxy) is 2. The Labute approximate surface area is 160 Å². The van der Waals surface area contributed by atoms with Crippen molar-refractivity contribution in [1.82, 2.24) is 4.98 Å². The molecule has 7 nitrogen and oxygen atoms in total. The van der Waals surface area contributed by atoms with Crippen LogP contribution in [-0.4, -0.2) is 33.7 Å². The van der Waals surface area contributed by atoms with E-state index in [0.717, 1.165) is 18.5 Å². The number of anilines is 2. The summed E-state index contributed by atoms with van der Waals surface area (Å²) in [5.74, 6) is 1.08. The zero-order valence-electron chi connectivity index (χ0n) is 15.6. The molecule has 0 unspecified atom stereocenters. The Balaban J connectivity index is 1.70. The number of rotatable bonds is 7. The lowest BCUT2D eigenvalue weighted by Gasteiger charge is -2.23. The fourth-order valence-electron chi connectivity index (χ4n) is 3.20. The molecule has 1 heterocycles. The highest BCUT2D eigenvalue weighted by Crippen LogP contribution is 2.30. The van der Waals surface area contributed by atoms with Crippen molar-refractivity contribution in [2.24, 2.45) is 0 Å². The SMILES string of the molecule is COc1ccc(S(=O)(=O)Nc2ccc(NC3CCCCC3)cn2)cc1OC. The first-order valence-electron chi connectivity index (χ1n) is 8.99. The van der Waals surface area contributed by atoms with Crippen LogP contribution < -0.4 is 19.5 Å². The van der Waals surface area contributed by atoms with Crippen LogP contribution in [-0.2, 0) is 10.0 Å². The quantitative estimate of drug-likeness (QED) is 0.749. The average Bonchev–Trinajstić information content (AvgIpc) is 2.69. The summed E-state index contributed by atoms with van der Waals surface area (Å²) in [4.78, 5) is 4.30.